The van der Waals surface area contributed by atoms with Crippen LogP contribution in [0.2, 0.25) is 0 Å². The summed E-state index contributed by atoms with van der Waals surface area (Å²) >= 11 is 0. The fourth-order valence-corrected chi connectivity index (χ4v) is 2.37. The van der Waals surface area contributed by atoms with E-state index in [-0.39, 0.29) is 12.7 Å². The number of carbonyl (C=O) groups is 1. The highest BCUT2D eigenvalue weighted by atomic mass is 16.5. The minimum atomic E-state index is -0.874. The van der Waals surface area contributed by atoms with Crippen molar-refractivity contribution in [1.29, 1.82) is 0 Å². The second kappa shape index (κ2) is 5.98. The van der Waals surface area contributed by atoms with E-state index in [9.17, 15) is 4.79 Å². The summed E-state index contributed by atoms with van der Waals surface area (Å²) < 4.78 is 5.78. The van der Waals surface area contributed by atoms with Crippen molar-refractivity contribution < 1.29 is 14.6 Å². The third-order valence-electron chi connectivity index (χ3n) is 3.43. The normalized spacial score (nSPS) is 20.2. The molecule has 98 valence electrons. The number of carboxylic acids is 1. The predicted molar refractivity (Wildman–Crippen MR) is 68.6 cm³/mol. The summed E-state index contributed by atoms with van der Waals surface area (Å²) in [5, 5.41) is 11.7. The molecule has 0 fully saturated rings. The zero-order chi connectivity index (χ0) is 13.0. The maximum atomic E-state index is 10.9. The molecule has 2 unspecified atom stereocenters. The lowest BCUT2D eigenvalue weighted by Gasteiger charge is -2.26. The fourth-order valence-electron chi connectivity index (χ4n) is 2.37. The van der Waals surface area contributed by atoms with Gasteiger partial charge in [-0.3, -0.25) is 4.79 Å². The van der Waals surface area contributed by atoms with E-state index < -0.39 is 12.0 Å². The number of aliphatic carboxylic acids is 1. The lowest BCUT2D eigenvalue weighted by Crippen LogP contribution is -2.38. The van der Waals surface area contributed by atoms with Gasteiger partial charge in [0.1, 0.15) is 6.04 Å². The molecular weight excluding hydrogens is 230 g/mol. The standard InChI is InChI=1S/C14H19NO3/c1-15-12(14(16)17)9-18-13-8-4-6-10-5-2-3-7-11(10)13/h2-3,5,7,12-13,15H,4,6,8-9H2,1H3,(H,16,17). The molecule has 0 heterocycles. The van der Waals surface area contributed by atoms with Crippen LogP contribution in [0.4, 0.5) is 0 Å². The number of carboxylic acid groups (broad SMARTS) is 1. The minimum Gasteiger partial charge on any atom is -0.480 e. The van der Waals surface area contributed by atoms with Crippen molar-refractivity contribution in [1.82, 2.24) is 5.32 Å². The van der Waals surface area contributed by atoms with Crippen LogP contribution in [0.15, 0.2) is 24.3 Å². The number of hydrogen-bond acceptors (Lipinski definition) is 3. The van der Waals surface area contributed by atoms with Gasteiger partial charge in [0.25, 0.3) is 0 Å². The van der Waals surface area contributed by atoms with Crippen LogP contribution < -0.4 is 5.32 Å². The van der Waals surface area contributed by atoms with Gasteiger partial charge in [-0.2, -0.15) is 0 Å². The summed E-state index contributed by atoms with van der Waals surface area (Å²) in [6.45, 7) is 0.199. The number of hydrogen-bond donors (Lipinski definition) is 2. The minimum absolute atomic E-state index is 0.0325. The smallest absolute Gasteiger partial charge is 0.323 e. The third kappa shape index (κ3) is 2.89. The van der Waals surface area contributed by atoms with Crippen molar-refractivity contribution in [3.8, 4) is 0 Å². The van der Waals surface area contributed by atoms with Crippen LogP contribution in [-0.2, 0) is 16.0 Å². The molecule has 2 atom stereocenters. The lowest BCUT2D eigenvalue weighted by atomic mass is 9.89. The molecule has 0 saturated carbocycles. The summed E-state index contributed by atoms with van der Waals surface area (Å²) in [6, 6.07) is 7.60. The highest BCUT2D eigenvalue weighted by Crippen LogP contribution is 2.32. The molecule has 2 N–H and O–H groups in total. The number of aryl methyl sites for hydroxylation is 1. The highest BCUT2D eigenvalue weighted by Gasteiger charge is 2.23. The molecule has 0 radical (unpaired) electrons. The van der Waals surface area contributed by atoms with Gasteiger partial charge >= 0.3 is 5.97 Å². The van der Waals surface area contributed by atoms with Gasteiger partial charge in [0.2, 0.25) is 0 Å². The largest absolute Gasteiger partial charge is 0.480 e. The topological polar surface area (TPSA) is 58.6 Å². The molecule has 4 nitrogen and oxygen atoms in total. The summed E-state index contributed by atoms with van der Waals surface area (Å²) in [5.74, 6) is -0.874. The van der Waals surface area contributed by atoms with E-state index in [1.165, 1.54) is 11.1 Å². The third-order valence-corrected chi connectivity index (χ3v) is 3.43. The molecule has 1 aromatic rings. The summed E-state index contributed by atoms with van der Waals surface area (Å²) in [7, 11) is 1.64. The first-order valence-corrected chi connectivity index (χ1v) is 6.32. The Bertz CT molecular complexity index is 419. The highest BCUT2D eigenvalue weighted by molar-refractivity contribution is 5.73. The monoisotopic (exact) mass is 249 g/mol. The number of rotatable bonds is 5. The molecule has 1 aliphatic rings. The van der Waals surface area contributed by atoms with Gasteiger partial charge < -0.3 is 15.2 Å². The second-order valence-corrected chi connectivity index (χ2v) is 4.59. The van der Waals surface area contributed by atoms with Crippen LogP contribution >= 0.6 is 0 Å². The average Bonchev–Trinajstić information content (AvgIpc) is 2.39. The van der Waals surface area contributed by atoms with E-state index in [0.29, 0.717) is 0 Å². The Labute approximate surface area is 107 Å². The van der Waals surface area contributed by atoms with Gasteiger partial charge in [0.05, 0.1) is 12.7 Å². The quantitative estimate of drug-likeness (QED) is 0.834. The Morgan fingerprint density at radius 3 is 3.06 bits per heavy atom. The van der Waals surface area contributed by atoms with Gasteiger partial charge in [0, 0.05) is 0 Å². The first-order chi connectivity index (χ1) is 8.72. The maximum Gasteiger partial charge on any atom is 0.323 e. The molecular formula is C14H19NO3. The van der Waals surface area contributed by atoms with Crippen molar-refractivity contribution in [3.05, 3.63) is 35.4 Å². The van der Waals surface area contributed by atoms with Crippen molar-refractivity contribution in [2.24, 2.45) is 0 Å². The molecule has 1 aromatic carbocycles. The van der Waals surface area contributed by atoms with Crippen LogP contribution in [0.1, 0.15) is 30.1 Å². The SMILES string of the molecule is CNC(COC1CCCc2ccccc21)C(=O)O. The Balaban J connectivity index is 2.01. The molecule has 0 aromatic heterocycles. The molecule has 0 amide bonds. The van der Waals surface area contributed by atoms with E-state index in [4.69, 9.17) is 9.84 Å². The summed E-state index contributed by atoms with van der Waals surface area (Å²) in [4.78, 5) is 10.9. The average molecular weight is 249 g/mol. The molecule has 2 rings (SSSR count). The van der Waals surface area contributed by atoms with Crippen LogP contribution in [0.3, 0.4) is 0 Å². The van der Waals surface area contributed by atoms with E-state index >= 15 is 0 Å². The van der Waals surface area contributed by atoms with Crippen molar-refractivity contribution in [2.45, 2.75) is 31.4 Å². The van der Waals surface area contributed by atoms with Gasteiger partial charge in [-0.15, -0.1) is 0 Å². The van der Waals surface area contributed by atoms with Crippen LogP contribution in [0.5, 0.6) is 0 Å². The van der Waals surface area contributed by atoms with Crippen LogP contribution in [0, 0.1) is 0 Å². The Hall–Kier alpha value is -1.39. The van der Waals surface area contributed by atoms with Gasteiger partial charge in [-0.25, -0.2) is 0 Å². The molecule has 0 bridgehead atoms. The number of ether oxygens (including phenoxy) is 1. The van der Waals surface area contributed by atoms with E-state index in [2.05, 4.69) is 17.4 Å². The van der Waals surface area contributed by atoms with Gasteiger partial charge in [0.15, 0.2) is 0 Å². The maximum absolute atomic E-state index is 10.9. The Morgan fingerprint density at radius 2 is 2.33 bits per heavy atom. The lowest BCUT2D eigenvalue weighted by molar-refractivity contribution is -0.141. The molecule has 4 heteroatoms. The molecule has 1 aliphatic carbocycles. The predicted octanol–water partition coefficient (Wildman–Crippen LogP) is 1.75. The van der Waals surface area contributed by atoms with Crippen LogP contribution in [-0.4, -0.2) is 30.8 Å². The van der Waals surface area contributed by atoms with Gasteiger partial charge in [-0.1, -0.05) is 24.3 Å². The number of nitrogens with one attached hydrogen (secondary N) is 1. The number of benzene rings is 1. The fraction of sp³-hybridized carbons (Fsp3) is 0.500. The Morgan fingerprint density at radius 1 is 1.56 bits per heavy atom. The number of likely N-dealkylation sites (N-methyl/N-ethyl adjacent to an activating group) is 1. The van der Waals surface area contributed by atoms with Crippen LogP contribution in [0.25, 0.3) is 0 Å². The summed E-state index contributed by atoms with van der Waals surface area (Å²) in [6.07, 6.45) is 3.18. The molecule has 0 spiro atoms. The van der Waals surface area contributed by atoms with Crippen molar-refractivity contribution in [2.75, 3.05) is 13.7 Å². The van der Waals surface area contributed by atoms with E-state index in [1.807, 2.05) is 12.1 Å². The zero-order valence-electron chi connectivity index (χ0n) is 10.6. The van der Waals surface area contributed by atoms with Crippen molar-refractivity contribution in [3.63, 3.8) is 0 Å². The van der Waals surface area contributed by atoms with E-state index in [0.717, 1.165) is 19.3 Å². The van der Waals surface area contributed by atoms with E-state index in [1.54, 1.807) is 7.05 Å². The van der Waals surface area contributed by atoms with Crippen molar-refractivity contribution >= 4 is 5.97 Å². The van der Waals surface area contributed by atoms with Gasteiger partial charge in [-0.05, 0) is 37.4 Å². The first kappa shape index (κ1) is 13.1. The zero-order valence-corrected chi connectivity index (χ0v) is 10.6. The second-order valence-electron chi connectivity index (χ2n) is 4.59. The first-order valence-electron chi connectivity index (χ1n) is 6.32. The molecule has 0 saturated heterocycles. The number of fused-ring (bicyclic) bond motifs is 1. The molecule has 0 aliphatic heterocycles. The Kier molecular flexibility index (Phi) is 4.33. The summed E-state index contributed by atoms with van der Waals surface area (Å²) in [5.41, 5.74) is 2.54. The molecule has 18 heavy (non-hydrogen) atoms.